The van der Waals surface area contributed by atoms with Gasteiger partial charge in [-0.25, -0.2) is 0 Å². The Morgan fingerprint density at radius 3 is 2.95 bits per heavy atom. The van der Waals surface area contributed by atoms with Gasteiger partial charge in [0.15, 0.2) is 0 Å². The van der Waals surface area contributed by atoms with Gasteiger partial charge in [-0.1, -0.05) is 0 Å². The van der Waals surface area contributed by atoms with Gasteiger partial charge in [-0.05, 0) is 33.4 Å². The lowest BCUT2D eigenvalue weighted by molar-refractivity contribution is 0.0750. The molecule has 106 valence electrons. The van der Waals surface area contributed by atoms with Gasteiger partial charge in [0.1, 0.15) is 5.69 Å². The number of rotatable bonds is 4. The molecule has 6 heteroatoms. The Bertz CT molecular complexity index is 456. The van der Waals surface area contributed by atoms with E-state index in [2.05, 4.69) is 17.0 Å². The number of anilines is 1. The van der Waals surface area contributed by atoms with Crippen molar-refractivity contribution in [2.45, 2.75) is 32.4 Å². The summed E-state index contributed by atoms with van der Waals surface area (Å²) in [6.07, 6.45) is 3.90. The quantitative estimate of drug-likeness (QED) is 0.868. The summed E-state index contributed by atoms with van der Waals surface area (Å²) in [7, 11) is 3.95. The fourth-order valence-corrected chi connectivity index (χ4v) is 2.66. The normalized spacial score (nSPS) is 19.8. The number of likely N-dealkylation sites (tertiary alicyclic amines) is 1. The molecule has 0 radical (unpaired) electrons. The Labute approximate surface area is 114 Å². The minimum Gasteiger partial charge on any atom is -0.396 e. The molecular formula is C13H23N5O. The molecule has 19 heavy (non-hydrogen) atoms. The molecule has 1 saturated heterocycles. The predicted molar refractivity (Wildman–Crippen MR) is 74.9 cm³/mol. The number of nitrogens with two attached hydrogens (primary N) is 1. The highest BCUT2D eigenvalue weighted by molar-refractivity contribution is 5.97. The third-order valence-electron chi connectivity index (χ3n) is 3.87. The van der Waals surface area contributed by atoms with Gasteiger partial charge in [0.05, 0.1) is 11.9 Å². The van der Waals surface area contributed by atoms with E-state index in [0.717, 1.165) is 19.5 Å². The second kappa shape index (κ2) is 5.61. The van der Waals surface area contributed by atoms with E-state index in [9.17, 15) is 4.79 Å². The van der Waals surface area contributed by atoms with Crippen LogP contribution in [0.15, 0.2) is 6.20 Å². The maximum atomic E-state index is 12.5. The van der Waals surface area contributed by atoms with Crippen LogP contribution in [0, 0.1) is 0 Å². The van der Waals surface area contributed by atoms with Gasteiger partial charge in [-0.15, -0.1) is 0 Å². The summed E-state index contributed by atoms with van der Waals surface area (Å²) in [4.78, 5) is 16.5. The zero-order chi connectivity index (χ0) is 14.0. The van der Waals surface area contributed by atoms with Crippen LogP contribution >= 0.6 is 0 Å². The molecule has 1 aromatic heterocycles. The molecule has 0 aromatic carbocycles. The van der Waals surface area contributed by atoms with Crippen molar-refractivity contribution >= 4 is 11.6 Å². The summed E-state index contributed by atoms with van der Waals surface area (Å²) in [5.41, 5.74) is 6.81. The summed E-state index contributed by atoms with van der Waals surface area (Å²) in [6.45, 7) is 4.45. The van der Waals surface area contributed by atoms with Crippen molar-refractivity contribution in [1.29, 1.82) is 0 Å². The monoisotopic (exact) mass is 265 g/mol. The predicted octanol–water partition coefficient (Wildman–Crippen LogP) is 0.651. The van der Waals surface area contributed by atoms with Crippen molar-refractivity contribution in [3.8, 4) is 0 Å². The molecule has 1 fully saturated rings. The van der Waals surface area contributed by atoms with Crippen LogP contribution in [0.4, 0.5) is 5.69 Å². The summed E-state index contributed by atoms with van der Waals surface area (Å²) in [5.74, 6) is -0.0443. The number of aromatic nitrogens is 2. The van der Waals surface area contributed by atoms with Crippen molar-refractivity contribution < 1.29 is 4.79 Å². The summed E-state index contributed by atoms with van der Waals surface area (Å²) >= 11 is 0. The van der Waals surface area contributed by atoms with Crippen LogP contribution in [0.3, 0.4) is 0 Å². The third-order valence-corrected chi connectivity index (χ3v) is 3.87. The maximum absolute atomic E-state index is 12.5. The Balaban J connectivity index is 2.08. The van der Waals surface area contributed by atoms with Crippen molar-refractivity contribution in [3.63, 3.8) is 0 Å². The number of amides is 1. The number of carbonyl (C=O) groups excluding carboxylic acids is 1. The number of carbonyl (C=O) groups is 1. The Morgan fingerprint density at radius 2 is 2.37 bits per heavy atom. The number of likely N-dealkylation sites (N-methyl/N-ethyl adjacent to an activating group) is 2. The van der Waals surface area contributed by atoms with E-state index in [0.29, 0.717) is 24.0 Å². The number of aryl methyl sites for hydroxylation is 1. The topological polar surface area (TPSA) is 67.4 Å². The molecule has 1 atom stereocenters. The first-order valence-corrected chi connectivity index (χ1v) is 6.81. The molecular weight excluding hydrogens is 242 g/mol. The highest BCUT2D eigenvalue weighted by Gasteiger charge is 2.26. The van der Waals surface area contributed by atoms with Crippen LogP contribution in [0.2, 0.25) is 0 Å². The second-order valence-corrected chi connectivity index (χ2v) is 5.23. The van der Waals surface area contributed by atoms with E-state index in [-0.39, 0.29) is 5.91 Å². The molecule has 1 aromatic rings. The lowest BCUT2D eigenvalue weighted by Gasteiger charge is -2.26. The Morgan fingerprint density at radius 1 is 1.63 bits per heavy atom. The Kier molecular flexibility index (Phi) is 4.09. The second-order valence-electron chi connectivity index (χ2n) is 5.23. The third kappa shape index (κ3) is 2.73. The van der Waals surface area contributed by atoms with Gasteiger partial charge >= 0.3 is 0 Å². The average molecular weight is 265 g/mol. The fraction of sp³-hybridized carbons (Fsp3) is 0.692. The van der Waals surface area contributed by atoms with Crippen LogP contribution in [-0.4, -0.2) is 58.7 Å². The van der Waals surface area contributed by atoms with E-state index in [1.54, 1.807) is 15.8 Å². The van der Waals surface area contributed by atoms with Gasteiger partial charge in [0.2, 0.25) is 0 Å². The lowest BCUT2D eigenvalue weighted by atomic mass is 10.2. The molecule has 1 aliphatic rings. The number of hydrogen-bond donors (Lipinski definition) is 1. The van der Waals surface area contributed by atoms with Gasteiger partial charge in [-0.2, -0.15) is 5.10 Å². The van der Waals surface area contributed by atoms with E-state index in [4.69, 9.17) is 5.73 Å². The summed E-state index contributed by atoms with van der Waals surface area (Å²) in [6, 6.07) is 0.452. The zero-order valence-corrected chi connectivity index (χ0v) is 12.0. The van der Waals surface area contributed by atoms with Gasteiger partial charge in [0.25, 0.3) is 5.91 Å². The van der Waals surface area contributed by atoms with Crippen molar-refractivity contribution in [1.82, 2.24) is 19.6 Å². The fourth-order valence-electron chi connectivity index (χ4n) is 2.66. The molecule has 0 aliphatic carbocycles. The molecule has 2 heterocycles. The smallest absolute Gasteiger partial charge is 0.274 e. The molecule has 1 aliphatic heterocycles. The first-order valence-electron chi connectivity index (χ1n) is 6.81. The van der Waals surface area contributed by atoms with Crippen LogP contribution in [0.1, 0.15) is 30.3 Å². The largest absolute Gasteiger partial charge is 0.396 e. The van der Waals surface area contributed by atoms with Crippen LogP contribution < -0.4 is 5.73 Å². The van der Waals surface area contributed by atoms with Crippen molar-refractivity contribution in [2.24, 2.45) is 0 Å². The molecule has 2 N–H and O–H groups in total. The van der Waals surface area contributed by atoms with E-state index in [1.165, 1.54) is 6.42 Å². The van der Waals surface area contributed by atoms with E-state index < -0.39 is 0 Å². The first-order chi connectivity index (χ1) is 9.04. The molecule has 0 bridgehead atoms. The minimum atomic E-state index is -0.0443. The summed E-state index contributed by atoms with van der Waals surface area (Å²) < 4.78 is 1.66. The molecule has 0 spiro atoms. The molecule has 0 saturated carbocycles. The van der Waals surface area contributed by atoms with Crippen LogP contribution in [0.25, 0.3) is 0 Å². The highest BCUT2D eigenvalue weighted by atomic mass is 16.2. The Hall–Kier alpha value is -1.56. The highest BCUT2D eigenvalue weighted by Crippen LogP contribution is 2.18. The zero-order valence-electron chi connectivity index (χ0n) is 12.0. The standard InChI is InChI=1S/C13H23N5O/c1-4-18-12(11(14)8-15-18)13(19)17(3)9-10-6-5-7-16(10)2/h8,10H,4-7,9,14H2,1-3H3. The van der Waals surface area contributed by atoms with Crippen LogP contribution in [-0.2, 0) is 6.54 Å². The van der Waals surface area contributed by atoms with E-state index in [1.807, 2.05) is 14.0 Å². The summed E-state index contributed by atoms with van der Waals surface area (Å²) in [5, 5.41) is 4.12. The number of hydrogen-bond acceptors (Lipinski definition) is 4. The van der Waals surface area contributed by atoms with Crippen LogP contribution in [0.5, 0.6) is 0 Å². The van der Waals surface area contributed by atoms with Gasteiger partial charge in [-0.3, -0.25) is 9.48 Å². The minimum absolute atomic E-state index is 0.0443. The van der Waals surface area contributed by atoms with Crippen molar-refractivity contribution in [3.05, 3.63) is 11.9 Å². The lowest BCUT2D eigenvalue weighted by Crippen LogP contribution is -2.40. The molecule has 6 nitrogen and oxygen atoms in total. The van der Waals surface area contributed by atoms with Gasteiger partial charge < -0.3 is 15.5 Å². The van der Waals surface area contributed by atoms with Crippen molar-refractivity contribution in [2.75, 3.05) is 32.9 Å². The molecule has 1 unspecified atom stereocenters. The number of nitrogen functional groups attached to an aromatic ring is 1. The average Bonchev–Trinajstić information content (AvgIpc) is 2.95. The SMILES string of the molecule is CCn1ncc(N)c1C(=O)N(C)CC1CCCN1C. The van der Waals surface area contributed by atoms with Gasteiger partial charge in [0, 0.05) is 26.2 Å². The molecule has 1 amide bonds. The first kappa shape index (κ1) is 13.9. The number of nitrogens with zero attached hydrogens (tertiary/aromatic N) is 4. The van der Waals surface area contributed by atoms with E-state index >= 15 is 0 Å². The molecule has 2 rings (SSSR count). The maximum Gasteiger partial charge on any atom is 0.274 e.